The Labute approximate surface area is 120 Å². The van der Waals surface area contributed by atoms with Crippen LogP contribution in [0.3, 0.4) is 0 Å². The van der Waals surface area contributed by atoms with Gasteiger partial charge in [-0.25, -0.2) is 0 Å². The van der Waals surface area contributed by atoms with Gasteiger partial charge in [-0.3, -0.25) is 4.79 Å². The van der Waals surface area contributed by atoms with Crippen LogP contribution in [0.5, 0.6) is 0 Å². The van der Waals surface area contributed by atoms with E-state index in [-0.39, 0.29) is 5.91 Å². The molecule has 0 aliphatic rings. The van der Waals surface area contributed by atoms with Crippen molar-refractivity contribution in [2.75, 3.05) is 14.1 Å². The summed E-state index contributed by atoms with van der Waals surface area (Å²) in [4.78, 5) is 13.6. The Kier molecular flexibility index (Phi) is 4.72. The second-order valence-electron chi connectivity index (χ2n) is 4.91. The molecule has 0 saturated heterocycles. The Hall–Kier alpha value is -2.35. The fourth-order valence-electron chi connectivity index (χ4n) is 1.96. The number of rotatable bonds is 4. The van der Waals surface area contributed by atoms with Crippen molar-refractivity contribution in [3.8, 4) is 0 Å². The molecule has 0 heterocycles. The summed E-state index contributed by atoms with van der Waals surface area (Å²) in [6.07, 6.45) is 2.49. The highest BCUT2D eigenvalue weighted by Crippen LogP contribution is 2.22. The molecule has 2 aromatic carbocycles. The third kappa shape index (κ3) is 3.82. The molecule has 1 amide bonds. The minimum atomic E-state index is 0.107. The summed E-state index contributed by atoms with van der Waals surface area (Å²) in [6, 6.07) is 20.1. The number of benzene rings is 2. The Morgan fingerprint density at radius 2 is 1.50 bits per heavy atom. The summed E-state index contributed by atoms with van der Waals surface area (Å²) >= 11 is 0. The van der Waals surface area contributed by atoms with E-state index in [1.807, 2.05) is 60.7 Å². The highest BCUT2D eigenvalue weighted by molar-refractivity contribution is 5.94. The molecule has 2 heteroatoms. The molecule has 0 radical (unpaired) electrons. The first kappa shape index (κ1) is 14.1. The van der Waals surface area contributed by atoms with Crippen molar-refractivity contribution in [1.82, 2.24) is 4.90 Å². The summed E-state index contributed by atoms with van der Waals surface area (Å²) in [5.41, 5.74) is 3.24. The summed E-state index contributed by atoms with van der Waals surface area (Å²) in [6.45, 7) is 0. The van der Waals surface area contributed by atoms with E-state index in [0.717, 1.165) is 16.7 Å². The van der Waals surface area contributed by atoms with Gasteiger partial charge in [-0.2, -0.15) is 0 Å². The Bertz CT molecular complexity index is 585. The largest absolute Gasteiger partial charge is 0.349 e. The van der Waals surface area contributed by atoms with Gasteiger partial charge in [0, 0.05) is 14.1 Å². The molecule has 0 unspecified atom stereocenters. The van der Waals surface area contributed by atoms with Gasteiger partial charge in [0.25, 0.3) is 0 Å². The highest BCUT2D eigenvalue weighted by atomic mass is 16.2. The van der Waals surface area contributed by atoms with Crippen molar-refractivity contribution in [3.63, 3.8) is 0 Å². The maximum absolute atomic E-state index is 12.0. The number of nitrogens with zero attached hydrogens (tertiary/aromatic N) is 1. The predicted octanol–water partition coefficient (Wildman–Crippen LogP) is 3.71. The van der Waals surface area contributed by atoms with Crippen LogP contribution in [0.4, 0.5) is 0 Å². The van der Waals surface area contributed by atoms with Crippen LogP contribution in [-0.2, 0) is 4.79 Å². The molecule has 0 saturated carbocycles. The van der Waals surface area contributed by atoms with Crippen molar-refractivity contribution in [2.24, 2.45) is 0 Å². The van der Waals surface area contributed by atoms with Crippen molar-refractivity contribution in [3.05, 3.63) is 71.8 Å². The third-order valence-electron chi connectivity index (χ3n) is 3.13. The lowest BCUT2D eigenvalue weighted by molar-refractivity contribution is -0.127. The maximum atomic E-state index is 12.0. The monoisotopic (exact) mass is 265 g/mol. The van der Waals surface area contributed by atoms with E-state index >= 15 is 0 Å². The second kappa shape index (κ2) is 6.71. The van der Waals surface area contributed by atoms with Crippen molar-refractivity contribution < 1.29 is 4.79 Å². The van der Waals surface area contributed by atoms with E-state index in [0.29, 0.717) is 6.42 Å². The Morgan fingerprint density at radius 1 is 0.950 bits per heavy atom. The minimum absolute atomic E-state index is 0.107. The molecule has 2 aromatic rings. The van der Waals surface area contributed by atoms with Crippen LogP contribution in [0.25, 0.3) is 11.6 Å². The molecule has 102 valence electrons. The van der Waals surface area contributed by atoms with Crippen LogP contribution < -0.4 is 0 Å². The summed E-state index contributed by atoms with van der Waals surface area (Å²) in [5, 5.41) is 0. The van der Waals surface area contributed by atoms with Crippen molar-refractivity contribution in [2.45, 2.75) is 6.42 Å². The van der Waals surface area contributed by atoms with E-state index in [2.05, 4.69) is 6.08 Å². The molecule has 0 atom stereocenters. The van der Waals surface area contributed by atoms with Gasteiger partial charge in [0.15, 0.2) is 0 Å². The maximum Gasteiger partial charge on any atom is 0.226 e. The van der Waals surface area contributed by atoms with E-state index in [9.17, 15) is 4.79 Å². The van der Waals surface area contributed by atoms with Gasteiger partial charge in [0.2, 0.25) is 5.91 Å². The molecule has 0 aromatic heterocycles. The van der Waals surface area contributed by atoms with E-state index in [4.69, 9.17) is 0 Å². The fourth-order valence-corrected chi connectivity index (χ4v) is 1.96. The van der Waals surface area contributed by atoms with Gasteiger partial charge in [-0.1, -0.05) is 66.7 Å². The zero-order valence-electron chi connectivity index (χ0n) is 11.9. The normalized spacial score (nSPS) is 11.2. The summed E-state index contributed by atoms with van der Waals surface area (Å²) in [5.74, 6) is 0.107. The van der Waals surface area contributed by atoms with E-state index in [1.54, 1.807) is 19.0 Å². The molecule has 0 N–H and O–H groups in total. The van der Waals surface area contributed by atoms with Crippen molar-refractivity contribution in [1.29, 1.82) is 0 Å². The van der Waals surface area contributed by atoms with Crippen LogP contribution in [0, 0.1) is 0 Å². The van der Waals surface area contributed by atoms with E-state index in [1.165, 1.54) is 0 Å². The van der Waals surface area contributed by atoms with Crippen LogP contribution in [0.15, 0.2) is 60.7 Å². The first-order valence-electron chi connectivity index (χ1n) is 6.68. The topological polar surface area (TPSA) is 20.3 Å². The average molecular weight is 265 g/mol. The molecule has 0 fully saturated rings. The fraction of sp³-hybridized carbons (Fsp3) is 0.167. The SMILES string of the molecule is CN(C)C(=O)C/C(=C/c1ccccc1)c1ccccc1. The average Bonchev–Trinajstić information content (AvgIpc) is 2.48. The molecule has 0 aliphatic carbocycles. The van der Waals surface area contributed by atoms with Gasteiger partial charge >= 0.3 is 0 Å². The van der Waals surface area contributed by atoms with Gasteiger partial charge in [0.05, 0.1) is 6.42 Å². The quantitative estimate of drug-likeness (QED) is 0.772. The third-order valence-corrected chi connectivity index (χ3v) is 3.13. The van der Waals surface area contributed by atoms with Crippen LogP contribution in [0.1, 0.15) is 17.5 Å². The molecule has 2 nitrogen and oxygen atoms in total. The van der Waals surface area contributed by atoms with Crippen molar-refractivity contribution >= 4 is 17.6 Å². The molecular weight excluding hydrogens is 246 g/mol. The molecular formula is C18H19NO. The molecule has 0 spiro atoms. The molecule has 0 aliphatic heterocycles. The van der Waals surface area contributed by atoms with Crippen LogP contribution in [0.2, 0.25) is 0 Å². The lowest BCUT2D eigenvalue weighted by Gasteiger charge is -2.13. The Morgan fingerprint density at radius 3 is 2.05 bits per heavy atom. The first-order valence-corrected chi connectivity index (χ1v) is 6.68. The van der Waals surface area contributed by atoms with Crippen LogP contribution in [-0.4, -0.2) is 24.9 Å². The lowest BCUT2D eigenvalue weighted by Crippen LogP contribution is -2.21. The van der Waals surface area contributed by atoms with Crippen LogP contribution >= 0.6 is 0 Å². The number of carbonyl (C=O) groups excluding carboxylic acids is 1. The zero-order chi connectivity index (χ0) is 14.4. The second-order valence-corrected chi connectivity index (χ2v) is 4.91. The number of hydrogen-bond donors (Lipinski definition) is 0. The summed E-state index contributed by atoms with van der Waals surface area (Å²) < 4.78 is 0. The highest BCUT2D eigenvalue weighted by Gasteiger charge is 2.10. The number of amides is 1. The number of hydrogen-bond acceptors (Lipinski definition) is 1. The van der Waals surface area contributed by atoms with Gasteiger partial charge in [-0.15, -0.1) is 0 Å². The zero-order valence-corrected chi connectivity index (χ0v) is 11.9. The smallest absolute Gasteiger partial charge is 0.226 e. The van der Waals surface area contributed by atoms with Gasteiger partial charge < -0.3 is 4.90 Å². The summed E-state index contributed by atoms with van der Waals surface area (Å²) in [7, 11) is 3.57. The molecule has 2 rings (SSSR count). The number of carbonyl (C=O) groups is 1. The van der Waals surface area contributed by atoms with E-state index < -0.39 is 0 Å². The first-order chi connectivity index (χ1) is 9.66. The minimum Gasteiger partial charge on any atom is -0.349 e. The predicted molar refractivity (Wildman–Crippen MR) is 84.1 cm³/mol. The van der Waals surface area contributed by atoms with Gasteiger partial charge in [-0.05, 0) is 16.7 Å². The molecule has 0 bridgehead atoms. The van der Waals surface area contributed by atoms with Gasteiger partial charge in [0.1, 0.15) is 0 Å². The Balaban J connectivity index is 2.35. The molecule has 20 heavy (non-hydrogen) atoms. The lowest BCUT2D eigenvalue weighted by atomic mass is 9.99. The standard InChI is InChI=1S/C18H19NO/c1-19(2)18(20)14-17(16-11-7-4-8-12-16)13-15-9-5-3-6-10-15/h3-13H,14H2,1-2H3/b17-13-.